The highest BCUT2D eigenvalue weighted by atomic mass is 35.5. The molecule has 0 spiro atoms. The molecule has 4 heteroatoms. The van der Waals surface area contributed by atoms with E-state index in [1.165, 1.54) is 11.3 Å². The van der Waals surface area contributed by atoms with Gasteiger partial charge in [-0.3, -0.25) is 0 Å². The standard InChI is InChI=1S/C10H5ClN2S/c11-9-4-2-1-3-8(9)10-13-7(5-12)6-14-10/h1-4,6H. The molecule has 0 saturated carbocycles. The lowest BCUT2D eigenvalue weighted by Crippen LogP contribution is -1.78. The maximum absolute atomic E-state index is 8.63. The molecule has 2 aromatic rings. The minimum Gasteiger partial charge on any atom is -0.225 e. The van der Waals surface area contributed by atoms with Crippen LogP contribution in [0, 0.1) is 11.3 Å². The van der Waals surface area contributed by atoms with Crippen LogP contribution in [-0.2, 0) is 0 Å². The SMILES string of the molecule is N#Cc1csc(-c2ccccc2Cl)n1. The van der Waals surface area contributed by atoms with Gasteiger partial charge in [-0.05, 0) is 6.07 Å². The molecule has 2 rings (SSSR count). The molecule has 0 fully saturated rings. The number of aromatic nitrogens is 1. The van der Waals surface area contributed by atoms with E-state index in [1.807, 2.05) is 30.3 Å². The van der Waals surface area contributed by atoms with Crippen LogP contribution in [0.5, 0.6) is 0 Å². The van der Waals surface area contributed by atoms with Crippen molar-refractivity contribution in [2.24, 2.45) is 0 Å². The monoisotopic (exact) mass is 220 g/mol. The Kier molecular flexibility index (Phi) is 2.49. The molecule has 0 saturated heterocycles. The Labute approximate surface area is 90.4 Å². The molecule has 0 N–H and O–H groups in total. The summed E-state index contributed by atoms with van der Waals surface area (Å²) in [6, 6.07) is 9.46. The van der Waals surface area contributed by atoms with Crippen molar-refractivity contribution in [3.05, 3.63) is 40.4 Å². The smallest absolute Gasteiger partial charge is 0.152 e. The van der Waals surface area contributed by atoms with Gasteiger partial charge in [-0.15, -0.1) is 11.3 Å². The van der Waals surface area contributed by atoms with E-state index in [2.05, 4.69) is 4.98 Å². The normalized spacial score (nSPS) is 9.71. The van der Waals surface area contributed by atoms with Gasteiger partial charge >= 0.3 is 0 Å². The van der Waals surface area contributed by atoms with Crippen LogP contribution in [0.15, 0.2) is 29.6 Å². The van der Waals surface area contributed by atoms with Gasteiger partial charge in [0.2, 0.25) is 0 Å². The number of hydrogen-bond donors (Lipinski definition) is 0. The summed E-state index contributed by atoms with van der Waals surface area (Å²) in [5.41, 5.74) is 1.31. The zero-order valence-electron chi connectivity index (χ0n) is 7.07. The summed E-state index contributed by atoms with van der Waals surface area (Å²) in [4.78, 5) is 4.13. The molecule has 1 aromatic heterocycles. The van der Waals surface area contributed by atoms with Gasteiger partial charge in [-0.25, -0.2) is 4.98 Å². The van der Waals surface area contributed by atoms with Crippen LogP contribution < -0.4 is 0 Å². The Morgan fingerprint density at radius 1 is 1.36 bits per heavy atom. The first-order chi connectivity index (χ1) is 6.81. The number of thiazole rings is 1. The summed E-state index contributed by atoms with van der Waals surface area (Å²) >= 11 is 7.42. The van der Waals surface area contributed by atoms with E-state index in [1.54, 1.807) is 5.38 Å². The van der Waals surface area contributed by atoms with Gasteiger partial charge in [0.05, 0.1) is 5.02 Å². The first kappa shape index (κ1) is 9.20. The molecule has 0 aliphatic carbocycles. The maximum atomic E-state index is 8.63. The van der Waals surface area contributed by atoms with E-state index in [4.69, 9.17) is 16.9 Å². The molecule has 0 aliphatic heterocycles. The topological polar surface area (TPSA) is 36.7 Å². The van der Waals surface area contributed by atoms with Crippen LogP contribution in [0.3, 0.4) is 0 Å². The van der Waals surface area contributed by atoms with E-state index in [0.717, 1.165) is 10.6 Å². The molecule has 2 nitrogen and oxygen atoms in total. The Morgan fingerprint density at radius 3 is 2.79 bits per heavy atom. The van der Waals surface area contributed by atoms with Crippen molar-refractivity contribution in [1.29, 1.82) is 5.26 Å². The second kappa shape index (κ2) is 3.79. The predicted octanol–water partition coefficient (Wildman–Crippen LogP) is 3.34. The lowest BCUT2D eigenvalue weighted by molar-refractivity contribution is 1.33. The first-order valence-electron chi connectivity index (χ1n) is 3.92. The van der Waals surface area contributed by atoms with Crippen molar-refractivity contribution in [2.75, 3.05) is 0 Å². The highest BCUT2D eigenvalue weighted by molar-refractivity contribution is 7.13. The lowest BCUT2D eigenvalue weighted by atomic mass is 10.2. The average molecular weight is 221 g/mol. The fraction of sp³-hybridized carbons (Fsp3) is 0. The van der Waals surface area contributed by atoms with E-state index in [0.29, 0.717) is 10.7 Å². The largest absolute Gasteiger partial charge is 0.225 e. The van der Waals surface area contributed by atoms with Crippen molar-refractivity contribution in [1.82, 2.24) is 4.98 Å². The number of nitriles is 1. The van der Waals surface area contributed by atoms with E-state index >= 15 is 0 Å². The minimum atomic E-state index is 0.435. The number of hydrogen-bond acceptors (Lipinski definition) is 3. The average Bonchev–Trinajstić information content (AvgIpc) is 2.67. The van der Waals surface area contributed by atoms with Crippen LogP contribution in [0.2, 0.25) is 5.02 Å². The Bertz CT molecular complexity index is 499. The van der Waals surface area contributed by atoms with Crippen LogP contribution in [0.1, 0.15) is 5.69 Å². The van der Waals surface area contributed by atoms with Crippen molar-refractivity contribution in [3.8, 4) is 16.6 Å². The molecule has 14 heavy (non-hydrogen) atoms. The van der Waals surface area contributed by atoms with Crippen molar-refractivity contribution in [3.63, 3.8) is 0 Å². The molecule has 0 radical (unpaired) electrons. The lowest BCUT2D eigenvalue weighted by Gasteiger charge is -1.97. The van der Waals surface area contributed by atoms with Gasteiger partial charge in [0.1, 0.15) is 11.1 Å². The maximum Gasteiger partial charge on any atom is 0.152 e. The summed E-state index contributed by atoms with van der Waals surface area (Å²) < 4.78 is 0. The Hall–Kier alpha value is -1.37. The Balaban J connectivity index is 2.51. The van der Waals surface area contributed by atoms with Crippen LogP contribution in [0.4, 0.5) is 0 Å². The van der Waals surface area contributed by atoms with Gasteiger partial charge in [-0.1, -0.05) is 29.8 Å². The number of rotatable bonds is 1. The van der Waals surface area contributed by atoms with Crippen molar-refractivity contribution >= 4 is 22.9 Å². The highest BCUT2D eigenvalue weighted by Crippen LogP contribution is 2.29. The summed E-state index contributed by atoms with van der Waals surface area (Å²) in [5, 5.41) is 11.8. The molecule has 0 aliphatic rings. The van der Waals surface area contributed by atoms with Gasteiger partial charge in [0.25, 0.3) is 0 Å². The van der Waals surface area contributed by atoms with Crippen molar-refractivity contribution < 1.29 is 0 Å². The summed E-state index contributed by atoms with van der Waals surface area (Å²) in [7, 11) is 0. The second-order valence-corrected chi connectivity index (χ2v) is 3.89. The van der Waals surface area contributed by atoms with Crippen LogP contribution in [0.25, 0.3) is 10.6 Å². The molecular formula is C10H5ClN2S. The third kappa shape index (κ3) is 1.63. The quantitative estimate of drug-likeness (QED) is 0.739. The number of halogens is 1. The molecular weight excluding hydrogens is 216 g/mol. The van der Waals surface area contributed by atoms with E-state index < -0.39 is 0 Å². The zero-order chi connectivity index (χ0) is 9.97. The van der Waals surface area contributed by atoms with E-state index in [9.17, 15) is 0 Å². The highest BCUT2D eigenvalue weighted by Gasteiger charge is 2.06. The molecule has 1 heterocycles. The first-order valence-corrected chi connectivity index (χ1v) is 5.17. The summed E-state index contributed by atoms with van der Waals surface area (Å²) in [6.07, 6.45) is 0. The molecule has 0 unspecified atom stereocenters. The summed E-state index contributed by atoms with van der Waals surface area (Å²) in [5.74, 6) is 0. The van der Waals surface area contributed by atoms with Gasteiger partial charge in [0.15, 0.2) is 5.69 Å². The molecule has 68 valence electrons. The van der Waals surface area contributed by atoms with Gasteiger partial charge in [-0.2, -0.15) is 5.26 Å². The number of benzene rings is 1. The third-order valence-corrected chi connectivity index (χ3v) is 2.93. The fourth-order valence-corrected chi connectivity index (χ4v) is 2.15. The minimum absolute atomic E-state index is 0.435. The molecule has 1 aromatic carbocycles. The van der Waals surface area contributed by atoms with Gasteiger partial charge < -0.3 is 0 Å². The predicted molar refractivity (Wildman–Crippen MR) is 57.3 cm³/mol. The van der Waals surface area contributed by atoms with Gasteiger partial charge in [0, 0.05) is 10.9 Å². The fourth-order valence-electron chi connectivity index (χ4n) is 1.08. The zero-order valence-corrected chi connectivity index (χ0v) is 8.64. The second-order valence-electron chi connectivity index (χ2n) is 2.63. The molecule has 0 amide bonds. The van der Waals surface area contributed by atoms with Crippen LogP contribution in [-0.4, -0.2) is 4.98 Å². The molecule has 0 bridgehead atoms. The van der Waals surface area contributed by atoms with Crippen molar-refractivity contribution in [2.45, 2.75) is 0 Å². The number of nitrogens with zero attached hydrogens (tertiary/aromatic N) is 2. The third-order valence-electron chi connectivity index (χ3n) is 1.72. The molecule has 0 atom stereocenters. The van der Waals surface area contributed by atoms with E-state index in [-0.39, 0.29) is 0 Å². The summed E-state index contributed by atoms with van der Waals surface area (Å²) in [6.45, 7) is 0. The van der Waals surface area contributed by atoms with Crippen LogP contribution >= 0.6 is 22.9 Å². The Morgan fingerprint density at radius 2 is 2.14 bits per heavy atom.